The molecule has 1 unspecified atom stereocenters. The molecule has 3 aliphatic heterocycles. The van der Waals surface area contributed by atoms with Crippen LogP contribution in [0.3, 0.4) is 0 Å². The molecule has 13 nitrogen and oxygen atoms in total. The first kappa shape index (κ1) is 35.7. The van der Waals surface area contributed by atoms with Crippen molar-refractivity contribution in [2.75, 3.05) is 37.5 Å². The van der Waals surface area contributed by atoms with E-state index in [1.165, 1.54) is 0 Å². The molecule has 2 fully saturated rings. The van der Waals surface area contributed by atoms with Crippen molar-refractivity contribution in [3.8, 4) is 11.5 Å². The number of carbonyl (C=O) groups is 4. The number of fused-ring (bicyclic) bond motifs is 1. The Balaban J connectivity index is 0.916. The number of H-pyrrole nitrogens is 1. The van der Waals surface area contributed by atoms with E-state index in [1.54, 1.807) is 19.1 Å². The average molecular weight is 720 g/mol. The van der Waals surface area contributed by atoms with Crippen LogP contribution in [0.2, 0.25) is 0 Å². The molecular formula is C40H45N7O6. The van der Waals surface area contributed by atoms with E-state index in [0.717, 1.165) is 65.6 Å². The van der Waals surface area contributed by atoms with Crippen LogP contribution in [0.15, 0.2) is 66.7 Å². The molecule has 0 saturated carbocycles. The number of aromatic amines is 1. The normalized spacial score (nSPS) is 20.3. The van der Waals surface area contributed by atoms with Gasteiger partial charge in [-0.15, -0.1) is 0 Å². The minimum absolute atomic E-state index is 0.159. The number of aromatic nitrogens is 2. The Morgan fingerprint density at radius 2 is 1.60 bits per heavy atom. The van der Waals surface area contributed by atoms with Crippen LogP contribution in [0.4, 0.5) is 11.5 Å². The molecule has 0 aliphatic carbocycles. The van der Waals surface area contributed by atoms with E-state index in [9.17, 15) is 19.2 Å². The molecule has 4 amide bonds. The number of benzene rings is 3. The first-order valence-corrected chi connectivity index (χ1v) is 18.0. The van der Waals surface area contributed by atoms with Crippen LogP contribution < -0.4 is 25.0 Å². The highest BCUT2D eigenvalue weighted by atomic mass is 16.5. The van der Waals surface area contributed by atoms with Gasteiger partial charge in [-0.05, 0) is 92.3 Å². The van der Waals surface area contributed by atoms with Crippen molar-refractivity contribution < 1.29 is 28.7 Å². The van der Waals surface area contributed by atoms with Crippen LogP contribution in [0.25, 0.3) is 0 Å². The highest BCUT2D eigenvalue weighted by molar-refractivity contribution is 6.05. The van der Waals surface area contributed by atoms with Crippen molar-refractivity contribution in [2.45, 2.75) is 70.7 Å². The Labute approximate surface area is 308 Å². The number of piperidine rings is 1. The standard InChI is InChI=1S/C40H45N7O6/c1-24-20-45(21-25(2)46(24)22-27-6-12-34-29(15-27)23-47(40(34)51)35-13-14-37(48)42-39(35)50)31-10-7-28(8-11-31)38(49)41-36-18-30(43-44-36)9-5-26-16-32(52-3)19-33(17-26)53-4/h6-8,10-12,15-19,24-25,35H,5,9,13-14,20-23H2,1-4H3,(H,42,48,50)(H2,41,43,44,49)/t24-,25+,35?. The van der Waals surface area contributed by atoms with Gasteiger partial charge in [0.2, 0.25) is 11.8 Å². The minimum Gasteiger partial charge on any atom is -0.497 e. The highest BCUT2D eigenvalue weighted by Crippen LogP contribution is 2.30. The molecule has 0 bridgehead atoms. The van der Waals surface area contributed by atoms with E-state index in [0.29, 0.717) is 36.3 Å². The highest BCUT2D eigenvalue weighted by Gasteiger charge is 2.39. The van der Waals surface area contributed by atoms with Crippen LogP contribution in [-0.4, -0.2) is 89.1 Å². The molecule has 3 aliphatic rings. The van der Waals surface area contributed by atoms with Gasteiger partial charge in [-0.1, -0.05) is 12.1 Å². The van der Waals surface area contributed by atoms with Crippen molar-refractivity contribution in [1.82, 2.24) is 25.3 Å². The van der Waals surface area contributed by atoms with Crippen LogP contribution in [0.1, 0.15) is 69.8 Å². The number of piperazine rings is 1. The summed E-state index contributed by atoms with van der Waals surface area (Å²) in [7, 11) is 3.26. The van der Waals surface area contributed by atoms with Gasteiger partial charge in [0.05, 0.1) is 14.2 Å². The van der Waals surface area contributed by atoms with Crippen molar-refractivity contribution >= 4 is 35.1 Å². The number of anilines is 2. The smallest absolute Gasteiger partial charge is 0.256 e. The lowest BCUT2D eigenvalue weighted by Gasteiger charge is -2.45. The van der Waals surface area contributed by atoms with Gasteiger partial charge in [0.15, 0.2) is 5.82 Å². The fourth-order valence-electron chi connectivity index (χ4n) is 7.67. The number of carbonyl (C=O) groups excluding carboxylic acids is 4. The van der Waals surface area contributed by atoms with Gasteiger partial charge in [0.25, 0.3) is 11.8 Å². The van der Waals surface area contributed by atoms with Gasteiger partial charge < -0.3 is 24.6 Å². The van der Waals surface area contributed by atoms with Gasteiger partial charge in [-0.3, -0.25) is 34.5 Å². The molecule has 4 aromatic rings. The van der Waals surface area contributed by atoms with E-state index in [4.69, 9.17) is 9.47 Å². The summed E-state index contributed by atoms with van der Waals surface area (Å²) < 4.78 is 10.7. The molecule has 0 radical (unpaired) electrons. The summed E-state index contributed by atoms with van der Waals surface area (Å²) in [6, 6.07) is 21.2. The number of hydrogen-bond acceptors (Lipinski definition) is 9. The second-order valence-corrected chi connectivity index (χ2v) is 14.2. The maximum absolute atomic E-state index is 13.1. The molecule has 2 saturated heterocycles. The Kier molecular flexibility index (Phi) is 10.2. The van der Waals surface area contributed by atoms with E-state index in [1.807, 2.05) is 60.7 Å². The third-order valence-electron chi connectivity index (χ3n) is 10.5. The minimum atomic E-state index is -0.621. The number of imide groups is 1. The molecule has 53 heavy (non-hydrogen) atoms. The van der Waals surface area contributed by atoms with Gasteiger partial charge in [0, 0.05) is 79.3 Å². The summed E-state index contributed by atoms with van der Waals surface area (Å²) in [5.41, 5.74) is 6.24. The fourth-order valence-corrected chi connectivity index (χ4v) is 7.67. The maximum atomic E-state index is 13.1. The van der Waals surface area contributed by atoms with Crippen LogP contribution in [0, 0.1) is 0 Å². The Morgan fingerprint density at radius 3 is 2.28 bits per heavy atom. The van der Waals surface area contributed by atoms with Gasteiger partial charge in [-0.25, -0.2) is 0 Å². The van der Waals surface area contributed by atoms with E-state index < -0.39 is 11.9 Å². The monoisotopic (exact) mass is 719 g/mol. The zero-order chi connectivity index (χ0) is 37.2. The second kappa shape index (κ2) is 15.1. The predicted octanol–water partition coefficient (Wildman–Crippen LogP) is 4.32. The number of amides is 4. The molecule has 3 N–H and O–H groups in total. The average Bonchev–Trinajstić information content (AvgIpc) is 3.74. The summed E-state index contributed by atoms with van der Waals surface area (Å²) in [5.74, 6) is 0.874. The molecule has 4 heterocycles. The summed E-state index contributed by atoms with van der Waals surface area (Å²) in [5, 5.41) is 12.6. The van der Waals surface area contributed by atoms with E-state index in [-0.39, 0.29) is 36.2 Å². The first-order chi connectivity index (χ1) is 25.6. The zero-order valence-corrected chi connectivity index (χ0v) is 30.5. The molecule has 1 aromatic heterocycles. The van der Waals surface area contributed by atoms with Crippen LogP contribution in [0.5, 0.6) is 11.5 Å². The number of nitrogens with zero attached hydrogens (tertiary/aromatic N) is 4. The molecular weight excluding hydrogens is 674 g/mol. The number of hydrogen-bond donors (Lipinski definition) is 3. The third-order valence-corrected chi connectivity index (χ3v) is 10.5. The second-order valence-electron chi connectivity index (χ2n) is 14.2. The number of ether oxygens (including phenoxy) is 2. The SMILES string of the molecule is COc1cc(CCc2cc(NC(=O)c3ccc(N4C[C@@H](C)N(Cc5ccc6c(c5)CN(C5CCC(=O)NC5=O)C6=O)[C@@H](C)C4)cc3)n[nH]2)cc(OC)c1. The van der Waals surface area contributed by atoms with Crippen molar-refractivity contribution in [3.63, 3.8) is 0 Å². The topological polar surface area (TPSA) is 149 Å². The van der Waals surface area contributed by atoms with Crippen molar-refractivity contribution in [3.05, 3.63) is 100 Å². The van der Waals surface area contributed by atoms with E-state index in [2.05, 4.69) is 50.5 Å². The van der Waals surface area contributed by atoms with Gasteiger partial charge in [-0.2, -0.15) is 5.10 Å². The molecule has 276 valence electrons. The van der Waals surface area contributed by atoms with Crippen molar-refractivity contribution in [2.24, 2.45) is 0 Å². The molecule has 13 heteroatoms. The number of methoxy groups -OCH3 is 2. The lowest BCUT2D eigenvalue weighted by molar-refractivity contribution is -0.136. The van der Waals surface area contributed by atoms with Crippen LogP contribution >= 0.6 is 0 Å². The lowest BCUT2D eigenvalue weighted by atomic mass is 10.0. The van der Waals surface area contributed by atoms with E-state index >= 15 is 0 Å². The number of aryl methyl sites for hydroxylation is 2. The Hall–Kier alpha value is -5.69. The molecule has 3 aromatic carbocycles. The number of nitrogens with one attached hydrogen (secondary N) is 3. The Morgan fingerprint density at radius 1 is 0.887 bits per heavy atom. The summed E-state index contributed by atoms with van der Waals surface area (Å²) >= 11 is 0. The third kappa shape index (κ3) is 7.75. The zero-order valence-electron chi connectivity index (χ0n) is 30.5. The largest absolute Gasteiger partial charge is 0.497 e. The molecule has 3 atom stereocenters. The Bertz CT molecular complexity index is 1990. The molecule has 0 spiro atoms. The van der Waals surface area contributed by atoms with Crippen LogP contribution in [-0.2, 0) is 35.5 Å². The van der Waals surface area contributed by atoms with Gasteiger partial charge >= 0.3 is 0 Å². The van der Waals surface area contributed by atoms with Gasteiger partial charge in [0.1, 0.15) is 17.5 Å². The summed E-state index contributed by atoms with van der Waals surface area (Å²) in [4.78, 5) is 56.7. The maximum Gasteiger partial charge on any atom is 0.256 e. The summed E-state index contributed by atoms with van der Waals surface area (Å²) in [6.45, 7) is 7.18. The fraction of sp³-hybridized carbons (Fsp3) is 0.375. The lowest BCUT2D eigenvalue weighted by Crippen LogP contribution is -2.56. The van der Waals surface area contributed by atoms with Crippen molar-refractivity contribution in [1.29, 1.82) is 0 Å². The number of rotatable bonds is 11. The quantitative estimate of drug-likeness (QED) is 0.193. The molecule has 7 rings (SSSR count). The summed E-state index contributed by atoms with van der Waals surface area (Å²) in [6.07, 6.45) is 2.04. The predicted molar refractivity (Wildman–Crippen MR) is 199 cm³/mol. The first-order valence-electron chi connectivity index (χ1n) is 18.0.